The van der Waals surface area contributed by atoms with Gasteiger partial charge in [0.2, 0.25) is 0 Å². The van der Waals surface area contributed by atoms with Crippen LogP contribution in [0.3, 0.4) is 0 Å². The summed E-state index contributed by atoms with van der Waals surface area (Å²) in [5.41, 5.74) is 3.87. The maximum atomic E-state index is 14.2. The van der Waals surface area contributed by atoms with Gasteiger partial charge in [-0.05, 0) is 31.2 Å². The molecule has 1 N–H and O–H groups in total. The van der Waals surface area contributed by atoms with Gasteiger partial charge in [-0.2, -0.15) is 0 Å². The molecule has 2 aromatic rings. The molecule has 0 spiro atoms. The van der Waals surface area contributed by atoms with Crippen LogP contribution in [0.15, 0.2) is 42.5 Å². The first-order valence-electron chi connectivity index (χ1n) is 7.30. The molecule has 2 aromatic carbocycles. The van der Waals surface area contributed by atoms with Gasteiger partial charge >= 0.3 is 0 Å². The Kier molecular flexibility index (Phi) is 4.97. The van der Waals surface area contributed by atoms with Crippen molar-refractivity contribution in [3.05, 3.63) is 59.4 Å². The normalized spacial score (nSPS) is 11.0. The van der Waals surface area contributed by atoms with Crippen LogP contribution >= 0.6 is 0 Å². The molecule has 21 heavy (non-hydrogen) atoms. The zero-order valence-electron chi connectivity index (χ0n) is 13.2. The minimum absolute atomic E-state index is 0.167. The molecule has 0 aromatic heterocycles. The number of rotatable bonds is 5. The molecule has 3 heteroatoms. The molecule has 0 aliphatic rings. The van der Waals surface area contributed by atoms with Crippen molar-refractivity contribution < 1.29 is 4.39 Å². The third-order valence-corrected chi connectivity index (χ3v) is 3.56. The fourth-order valence-corrected chi connectivity index (χ4v) is 2.25. The first-order valence-corrected chi connectivity index (χ1v) is 7.30. The van der Waals surface area contributed by atoms with Crippen molar-refractivity contribution in [3.63, 3.8) is 0 Å². The number of anilines is 2. The summed E-state index contributed by atoms with van der Waals surface area (Å²) in [7, 11) is 1.97. The zero-order valence-corrected chi connectivity index (χ0v) is 13.2. The van der Waals surface area contributed by atoms with Crippen LogP contribution in [-0.2, 0) is 6.54 Å². The summed E-state index contributed by atoms with van der Waals surface area (Å²) < 4.78 is 14.2. The minimum Gasteiger partial charge on any atom is -0.344 e. The van der Waals surface area contributed by atoms with Gasteiger partial charge < -0.3 is 10.2 Å². The van der Waals surface area contributed by atoms with E-state index in [9.17, 15) is 4.39 Å². The van der Waals surface area contributed by atoms with Gasteiger partial charge in [-0.3, -0.25) is 0 Å². The summed E-state index contributed by atoms with van der Waals surface area (Å²) in [5.74, 6) is -0.167. The maximum absolute atomic E-state index is 14.2. The molecule has 0 amide bonds. The van der Waals surface area contributed by atoms with E-state index in [-0.39, 0.29) is 5.82 Å². The molecule has 0 fully saturated rings. The quantitative estimate of drug-likeness (QED) is 0.876. The molecule has 0 aliphatic carbocycles. The summed E-state index contributed by atoms with van der Waals surface area (Å²) in [5, 5.41) is 3.29. The van der Waals surface area contributed by atoms with Crippen molar-refractivity contribution in [3.8, 4) is 0 Å². The van der Waals surface area contributed by atoms with Crippen molar-refractivity contribution in [2.45, 2.75) is 33.4 Å². The van der Waals surface area contributed by atoms with Gasteiger partial charge in [-0.1, -0.05) is 37.6 Å². The Hall–Kier alpha value is -1.87. The van der Waals surface area contributed by atoms with E-state index in [1.165, 1.54) is 11.6 Å². The van der Waals surface area contributed by atoms with Crippen molar-refractivity contribution in [2.75, 3.05) is 11.9 Å². The summed E-state index contributed by atoms with van der Waals surface area (Å²) in [6.07, 6.45) is 0. The van der Waals surface area contributed by atoms with E-state index in [1.54, 1.807) is 6.07 Å². The number of nitrogens with zero attached hydrogens (tertiary/aromatic N) is 1. The number of aryl methyl sites for hydroxylation is 1. The molecule has 0 atom stereocenters. The molecule has 2 nitrogen and oxygen atoms in total. The first kappa shape index (κ1) is 15.5. The largest absolute Gasteiger partial charge is 0.344 e. The minimum atomic E-state index is -0.167. The Morgan fingerprint density at radius 2 is 1.76 bits per heavy atom. The fourth-order valence-electron chi connectivity index (χ4n) is 2.25. The van der Waals surface area contributed by atoms with Gasteiger partial charge in [0.1, 0.15) is 5.82 Å². The highest BCUT2D eigenvalue weighted by molar-refractivity contribution is 5.66. The lowest BCUT2D eigenvalue weighted by atomic mass is 10.1. The second kappa shape index (κ2) is 6.72. The standard InChI is InChI=1S/C18H23FN2/c1-13(2)20-12-16-17(19)6-5-7-18(16)21(4)15-10-8-14(3)9-11-15/h5-11,13,20H,12H2,1-4H3. The third-order valence-electron chi connectivity index (χ3n) is 3.56. The van der Waals surface area contributed by atoms with Crippen LogP contribution in [0.2, 0.25) is 0 Å². The lowest BCUT2D eigenvalue weighted by Gasteiger charge is -2.24. The molecule has 0 bridgehead atoms. The van der Waals surface area contributed by atoms with E-state index in [0.717, 1.165) is 11.4 Å². The van der Waals surface area contributed by atoms with Crippen LogP contribution in [0.1, 0.15) is 25.0 Å². The SMILES string of the molecule is Cc1ccc(N(C)c2cccc(F)c2CNC(C)C)cc1. The van der Waals surface area contributed by atoms with Crippen LogP contribution in [-0.4, -0.2) is 13.1 Å². The van der Waals surface area contributed by atoms with E-state index in [1.807, 2.05) is 18.0 Å². The third kappa shape index (κ3) is 3.82. The highest BCUT2D eigenvalue weighted by atomic mass is 19.1. The number of hydrogen-bond donors (Lipinski definition) is 1. The van der Waals surface area contributed by atoms with Crippen molar-refractivity contribution in [1.82, 2.24) is 5.32 Å². The Labute approximate surface area is 126 Å². The monoisotopic (exact) mass is 286 g/mol. The van der Waals surface area contributed by atoms with Gasteiger partial charge in [-0.15, -0.1) is 0 Å². The fraction of sp³-hybridized carbons (Fsp3) is 0.333. The lowest BCUT2D eigenvalue weighted by molar-refractivity contribution is 0.553. The van der Waals surface area contributed by atoms with Gasteiger partial charge in [0.25, 0.3) is 0 Å². The number of nitrogens with one attached hydrogen (secondary N) is 1. The van der Waals surface area contributed by atoms with Gasteiger partial charge in [0.05, 0.1) is 0 Å². The topological polar surface area (TPSA) is 15.3 Å². The summed E-state index contributed by atoms with van der Waals surface area (Å²) in [4.78, 5) is 2.03. The van der Waals surface area contributed by atoms with Crippen LogP contribution < -0.4 is 10.2 Å². The molecule has 0 radical (unpaired) electrons. The van der Waals surface area contributed by atoms with Crippen LogP contribution in [0.25, 0.3) is 0 Å². The predicted octanol–water partition coefficient (Wildman–Crippen LogP) is 4.40. The lowest BCUT2D eigenvalue weighted by Crippen LogP contribution is -2.24. The molecule has 0 unspecified atom stereocenters. The number of halogens is 1. The summed E-state index contributed by atoms with van der Waals surface area (Å²) in [6, 6.07) is 13.8. The van der Waals surface area contributed by atoms with Crippen molar-refractivity contribution in [2.24, 2.45) is 0 Å². The van der Waals surface area contributed by atoms with Crippen molar-refractivity contribution in [1.29, 1.82) is 0 Å². The second-order valence-electron chi connectivity index (χ2n) is 5.67. The van der Waals surface area contributed by atoms with E-state index in [0.29, 0.717) is 18.2 Å². The highest BCUT2D eigenvalue weighted by Gasteiger charge is 2.13. The molecule has 2 rings (SSSR count). The summed E-state index contributed by atoms with van der Waals surface area (Å²) in [6.45, 7) is 6.70. The van der Waals surface area contributed by atoms with E-state index in [2.05, 4.69) is 50.4 Å². The van der Waals surface area contributed by atoms with E-state index < -0.39 is 0 Å². The Bertz CT molecular complexity index is 591. The van der Waals surface area contributed by atoms with Crippen molar-refractivity contribution >= 4 is 11.4 Å². The number of hydrogen-bond acceptors (Lipinski definition) is 2. The molecule has 0 saturated heterocycles. The van der Waals surface area contributed by atoms with Gasteiger partial charge in [-0.25, -0.2) is 4.39 Å². The van der Waals surface area contributed by atoms with Crippen LogP contribution in [0.5, 0.6) is 0 Å². The highest BCUT2D eigenvalue weighted by Crippen LogP contribution is 2.28. The first-order chi connectivity index (χ1) is 9.99. The average Bonchev–Trinajstić information content (AvgIpc) is 2.45. The Morgan fingerprint density at radius 1 is 1.10 bits per heavy atom. The predicted molar refractivity (Wildman–Crippen MR) is 87.6 cm³/mol. The molecular formula is C18H23FN2. The van der Waals surface area contributed by atoms with E-state index in [4.69, 9.17) is 0 Å². The van der Waals surface area contributed by atoms with Gasteiger partial charge in [0.15, 0.2) is 0 Å². The molecule has 0 aliphatic heterocycles. The smallest absolute Gasteiger partial charge is 0.129 e. The maximum Gasteiger partial charge on any atom is 0.129 e. The van der Waals surface area contributed by atoms with Gasteiger partial charge in [0, 0.05) is 36.6 Å². The second-order valence-corrected chi connectivity index (χ2v) is 5.67. The average molecular weight is 286 g/mol. The van der Waals surface area contributed by atoms with E-state index >= 15 is 0 Å². The molecule has 112 valence electrons. The van der Waals surface area contributed by atoms with Crippen LogP contribution in [0, 0.1) is 12.7 Å². The molecular weight excluding hydrogens is 263 g/mol. The zero-order chi connectivity index (χ0) is 15.4. The Balaban J connectivity index is 2.33. The molecule has 0 saturated carbocycles. The number of benzene rings is 2. The molecule has 0 heterocycles. The van der Waals surface area contributed by atoms with Crippen LogP contribution in [0.4, 0.5) is 15.8 Å². The Morgan fingerprint density at radius 3 is 2.38 bits per heavy atom. The summed E-state index contributed by atoms with van der Waals surface area (Å²) >= 11 is 0.